The van der Waals surface area contributed by atoms with Crippen LogP contribution in [0, 0.1) is 13.8 Å². The summed E-state index contributed by atoms with van der Waals surface area (Å²) in [5.74, 6) is 0.137. The number of aliphatic hydroxyl groups excluding tert-OH is 1. The second-order valence-corrected chi connectivity index (χ2v) is 3.09. The van der Waals surface area contributed by atoms with Crippen molar-refractivity contribution in [2.45, 2.75) is 26.4 Å². The summed E-state index contributed by atoms with van der Waals surface area (Å²) >= 11 is 0. The molecule has 0 saturated heterocycles. The van der Waals surface area contributed by atoms with Crippen molar-refractivity contribution in [2.75, 3.05) is 11.9 Å². The van der Waals surface area contributed by atoms with Crippen molar-refractivity contribution in [3.63, 3.8) is 0 Å². The number of aliphatic hydroxyl groups is 1. The Hall–Kier alpha value is -1.37. The van der Waals surface area contributed by atoms with Gasteiger partial charge in [-0.15, -0.1) is 5.10 Å². The van der Waals surface area contributed by atoms with Crippen molar-refractivity contribution >= 4 is 5.95 Å². The van der Waals surface area contributed by atoms with Crippen molar-refractivity contribution in [1.29, 1.82) is 0 Å². The van der Waals surface area contributed by atoms with E-state index in [4.69, 9.17) is 5.11 Å². The molecular weight excluding hydrogens is 206 g/mol. The molecule has 1 aromatic heterocycles. The van der Waals surface area contributed by atoms with Gasteiger partial charge in [0.2, 0.25) is 5.95 Å². The van der Waals surface area contributed by atoms with E-state index < -0.39 is 12.5 Å². The number of aryl methyl sites for hydroxylation is 2. The maximum Gasteiger partial charge on any atom is 0.265 e. The fraction of sp³-hybridized carbons (Fsp3) is 0.625. The van der Waals surface area contributed by atoms with Gasteiger partial charge in [0.25, 0.3) is 6.43 Å². The number of nitrogens with zero attached hydrogens (tertiary/aromatic N) is 3. The fourth-order valence-electron chi connectivity index (χ4n) is 0.817. The number of rotatable bonds is 4. The number of aromatic nitrogens is 3. The van der Waals surface area contributed by atoms with Gasteiger partial charge < -0.3 is 10.4 Å². The van der Waals surface area contributed by atoms with Gasteiger partial charge >= 0.3 is 0 Å². The summed E-state index contributed by atoms with van der Waals surface area (Å²) in [6.07, 6.45) is -4.51. The van der Waals surface area contributed by atoms with Gasteiger partial charge in [-0.3, -0.25) is 0 Å². The smallest absolute Gasteiger partial charge is 0.265 e. The third-order valence-corrected chi connectivity index (χ3v) is 1.85. The molecule has 1 unspecified atom stereocenters. The Morgan fingerprint density at radius 3 is 2.47 bits per heavy atom. The van der Waals surface area contributed by atoms with Gasteiger partial charge in [0.05, 0.1) is 11.4 Å². The molecule has 1 aromatic rings. The quantitative estimate of drug-likeness (QED) is 0.771. The highest BCUT2D eigenvalue weighted by Crippen LogP contribution is 2.04. The van der Waals surface area contributed by atoms with Gasteiger partial charge in [-0.05, 0) is 13.8 Å². The number of halogens is 2. The van der Waals surface area contributed by atoms with Crippen LogP contribution in [0.5, 0.6) is 0 Å². The molecular formula is C8H12F2N4O. The zero-order valence-corrected chi connectivity index (χ0v) is 8.41. The molecule has 0 aliphatic heterocycles. The largest absolute Gasteiger partial charge is 0.385 e. The minimum absolute atomic E-state index is 0.137. The van der Waals surface area contributed by atoms with E-state index in [0.29, 0.717) is 11.4 Å². The van der Waals surface area contributed by atoms with Gasteiger partial charge in [0, 0.05) is 6.54 Å². The Kier molecular flexibility index (Phi) is 3.84. The molecule has 5 nitrogen and oxygen atoms in total. The van der Waals surface area contributed by atoms with Crippen LogP contribution in [0.25, 0.3) is 0 Å². The van der Waals surface area contributed by atoms with Crippen LogP contribution in [0.2, 0.25) is 0 Å². The highest BCUT2D eigenvalue weighted by Gasteiger charge is 2.16. The number of anilines is 1. The first-order valence-corrected chi connectivity index (χ1v) is 4.38. The highest BCUT2D eigenvalue weighted by atomic mass is 19.3. The average Bonchev–Trinajstić information content (AvgIpc) is 2.19. The molecule has 1 rings (SSSR count). The van der Waals surface area contributed by atoms with Crippen LogP contribution in [0.15, 0.2) is 0 Å². The maximum atomic E-state index is 11.9. The van der Waals surface area contributed by atoms with Crippen LogP contribution in [-0.2, 0) is 0 Å². The lowest BCUT2D eigenvalue weighted by Crippen LogP contribution is -2.27. The predicted octanol–water partition coefficient (Wildman–Crippen LogP) is 0.526. The molecule has 0 aliphatic rings. The summed E-state index contributed by atoms with van der Waals surface area (Å²) in [6, 6.07) is 0. The minimum atomic E-state index is -2.78. The van der Waals surface area contributed by atoms with Gasteiger partial charge in [0.1, 0.15) is 6.10 Å². The predicted molar refractivity (Wildman–Crippen MR) is 49.8 cm³/mol. The zero-order valence-electron chi connectivity index (χ0n) is 8.41. The molecule has 7 heteroatoms. The lowest BCUT2D eigenvalue weighted by Gasteiger charge is -2.10. The van der Waals surface area contributed by atoms with E-state index in [1.807, 2.05) is 0 Å². The number of nitrogens with one attached hydrogen (secondary N) is 1. The fourth-order valence-corrected chi connectivity index (χ4v) is 0.817. The van der Waals surface area contributed by atoms with Crippen LogP contribution in [0.1, 0.15) is 11.4 Å². The summed E-state index contributed by atoms with van der Waals surface area (Å²) in [7, 11) is 0. The lowest BCUT2D eigenvalue weighted by molar-refractivity contribution is 0.00375. The third kappa shape index (κ3) is 3.35. The van der Waals surface area contributed by atoms with Crippen molar-refractivity contribution in [2.24, 2.45) is 0 Å². The molecule has 0 radical (unpaired) electrons. The van der Waals surface area contributed by atoms with E-state index in [1.54, 1.807) is 13.8 Å². The van der Waals surface area contributed by atoms with Crippen molar-refractivity contribution in [1.82, 2.24) is 15.2 Å². The third-order valence-electron chi connectivity index (χ3n) is 1.85. The maximum absolute atomic E-state index is 11.9. The number of hydrogen-bond acceptors (Lipinski definition) is 5. The highest BCUT2D eigenvalue weighted by molar-refractivity contribution is 5.24. The molecule has 84 valence electrons. The minimum Gasteiger partial charge on any atom is -0.385 e. The van der Waals surface area contributed by atoms with Crippen LogP contribution >= 0.6 is 0 Å². The SMILES string of the molecule is Cc1nnc(NCC(O)C(F)F)nc1C. The Bertz CT molecular complexity index is 334. The molecule has 0 bridgehead atoms. The summed E-state index contributed by atoms with van der Waals surface area (Å²) in [5, 5.41) is 18.7. The Labute approximate surface area is 85.6 Å². The molecule has 0 aromatic carbocycles. The summed E-state index contributed by atoms with van der Waals surface area (Å²) in [4.78, 5) is 3.96. The van der Waals surface area contributed by atoms with Gasteiger partial charge in [-0.2, -0.15) is 5.10 Å². The topological polar surface area (TPSA) is 70.9 Å². The molecule has 0 fully saturated rings. The van der Waals surface area contributed by atoms with Gasteiger partial charge in [0.15, 0.2) is 0 Å². The second-order valence-electron chi connectivity index (χ2n) is 3.09. The van der Waals surface area contributed by atoms with E-state index >= 15 is 0 Å². The van der Waals surface area contributed by atoms with E-state index in [9.17, 15) is 8.78 Å². The molecule has 0 aliphatic carbocycles. The summed E-state index contributed by atoms with van der Waals surface area (Å²) in [5.41, 5.74) is 1.34. The van der Waals surface area contributed by atoms with E-state index in [0.717, 1.165) is 0 Å². The number of hydrogen-bond donors (Lipinski definition) is 2. The second kappa shape index (κ2) is 4.92. The van der Waals surface area contributed by atoms with Crippen molar-refractivity contribution < 1.29 is 13.9 Å². The average molecular weight is 218 g/mol. The van der Waals surface area contributed by atoms with Gasteiger partial charge in [-0.25, -0.2) is 13.8 Å². The van der Waals surface area contributed by atoms with Crippen molar-refractivity contribution in [3.05, 3.63) is 11.4 Å². The molecule has 1 heterocycles. The molecule has 15 heavy (non-hydrogen) atoms. The van der Waals surface area contributed by atoms with Crippen LogP contribution in [0.3, 0.4) is 0 Å². The Morgan fingerprint density at radius 1 is 1.27 bits per heavy atom. The van der Waals surface area contributed by atoms with Crippen LogP contribution in [-0.4, -0.2) is 39.4 Å². The Balaban J connectivity index is 2.55. The zero-order chi connectivity index (χ0) is 11.4. The monoisotopic (exact) mass is 218 g/mol. The summed E-state index contributed by atoms with van der Waals surface area (Å²) < 4.78 is 23.9. The van der Waals surface area contributed by atoms with Crippen molar-refractivity contribution in [3.8, 4) is 0 Å². The molecule has 1 atom stereocenters. The molecule has 0 saturated carbocycles. The first kappa shape index (κ1) is 11.7. The molecule has 0 amide bonds. The lowest BCUT2D eigenvalue weighted by atomic mass is 10.3. The molecule has 0 spiro atoms. The Morgan fingerprint density at radius 2 is 1.93 bits per heavy atom. The van der Waals surface area contributed by atoms with E-state index in [2.05, 4.69) is 20.5 Å². The first-order chi connectivity index (χ1) is 7.00. The summed E-state index contributed by atoms with van der Waals surface area (Å²) in [6.45, 7) is 3.17. The van der Waals surface area contributed by atoms with E-state index in [1.165, 1.54) is 0 Å². The molecule has 2 N–H and O–H groups in total. The standard InChI is InChI=1S/C8H12F2N4O/c1-4-5(2)13-14-8(12-4)11-3-6(15)7(9)10/h6-7,15H,3H2,1-2H3,(H,11,12,14). The van der Waals surface area contributed by atoms with Crippen LogP contribution < -0.4 is 5.32 Å². The van der Waals surface area contributed by atoms with E-state index in [-0.39, 0.29) is 12.5 Å². The van der Waals surface area contributed by atoms with Crippen LogP contribution in [0.4, 0.5) is 14.7 Å². The number of alkyl halides is 2. The first-order valence-electron chi connectivity index (χ1n) is 4.38. The normalized spacial score (nSPS) is 12.9. The van der Waals surface area contributed by atoms with Gasteiger partial charge in [-0.1, -0.05) is 0 Å².